The molecule has 2 nitrogen and oxygen atoms in total. The number of halogens is 5. The van der Waals surface area contributed by atoms with Crippen LogP contribution in [0.4, 0.5) is 13.2 Å². The summed E-state index contributed by atoms with van der Waals surface area (Å²) in [6.45, 7) is 0. The van der Waals surface area contributed by atoms with E-state index in [1.54, 1.807) is 0 Å². The van der Waals surface area contributed by atoms with E-state index >= 15 is 0 Å². The van der Waals surface area contributed by atoms with Crippen molar-refractivity contribution in [3.8, 4) is 0 Å². The van der Waals surface area contributed by atoms with Crippen LogP contribution in [-0.2, 0) is 4.79 Å². The topological polar surface area (TPSA) is 37.3 Å². The van der Waals surface area contributed by atoms with E-state index < -0.39 is 34.7 Å². The number of carbonyl (C=O) groups is 1. The molecule has 0 aromatic rings. The molecule has 0 aliphatic heterocycles. The monoisotopic (exact) mass is 236 g/mol. The molecule has 1 fully saturated rings. The summed E-state index contributed by atoms with van der Waals surface area (Å²) in [7, 11) is 0. The van der Waals surface area contributed by atoms with E-state index in [0.717, 1.165) is 0 Å². The molecule has 0 saturated heterocycles. The maximum absolute atomic E-state index is 13.2. The van der Waals surface area contributed by atoms with Crippen LogP contribution in [0.3, 0.4) is 0 Å². The standard InChI is InChI=1S/C6H5Cl2F3O2/c7-1-5(8)2(3(12)13)6(5,11)4(9)10/h2,4H,1H2,(H,12,13). The number of alkyl halides is 5. The van der Waals surface area contributed by atoms with Crippen molar-refractivity contribution in [2.45, 2.75) is 17.0 Å². The first-order valence-corrected chi connectivity index (χ1v) is 4.18. The summed E-state index contributed by atoms with van der Waals surface area (Å²) < 4.78 is 37.5. The number of hydrogen-bond acceptors (Lipinski definition) is 1. The predicted molar refractivity (Wildman–Crippen MR) is 40.3 cm³/mol. The SMILES string of the molecule is O=C(O)C1C(Cl)(CCl)C1(F)C(F)F. The van der Waals surface area contributed by atoms with Crippen molar-refractivity contribution in [1.29, 1.82) is 0 Å². The lowest BCUT2D eigenvalue weighted by atomic mass is 10.3. The van der Waals surface area contributed by atoms with Crippen molar-refractivity contribution < 1.29 is 23.1 Å². The largest absolute Gasteiger partial charge is 0.481 e. The van der Waals surface area contributed by atoms with Crippen LogP contribution < -0.4 is 0 Å². The van der Waals surface area contributed by atoms with Crippen LogP contribution in [0.1, 0.15) is 0 Å². The van der Waals surface area contributed by atoms with Gasteiger partial charge < -0.3 is 5.11 Å². The lowest BCUT2D eigenvalue weighted by Crippen LogP contribution is -2.25. The molecule has 3 unspecified atom stereocenters. The first-order valence-electron chi connectivity index (χ1n) is 3.27. The van der Waals surface area contributed by atoms with Gasteiger partial charge in [-0.15, -0.1) is 23.2 Å². The summed E-state index contributed by atoms with van der Waals surface area (Å²) in [5.41, 5.74) is -3.21. The van der Waals surface area contributed by atoms with E-state index in [9.17, 15) is 18.0 Å². The Morgan fingerprint density at radius 1 is 1.62 bits per heavy atom. The van der Waals surface area contributed by atoms with Crippen LogP contribution in [0.25, 0.3) is 0 Å². The minimum absolute atomic E-state index is 0.660. The Morgan fingerprint density at radius 2 is 2.08 bits per heavy atom. The van der Waals surface area contributed by atoms with Gasteiger partial charge in [0.1, 0.15) is 10.8 Å². The molecule has 0 aromatic carbocycles. The van der Waals surface area contributed by atoms with Gasteiger partial charge in [0.05, 0.1) is 0 Å². The molecule has 0 heterocycles. The van der Waals surface area contributed by atoms with E-state index in [-0.39, 0.29) is 0 Å². The normalized spacial score (nSPS) is 43.7. The van der Waals surface area contributed by atoms with Crippen molar-refractivity contribution in [2.75, 3.05) is 5.88 Å². The second-order valence-corrected chi connectivity index (χ2v) is 3.78. The fourth-order valence-electron chi connectivity index (χ4n) is 1.35. The van der Waals surface area contributed by atoms with E-state index in [4.69, 9.17) is 28.3 Å². The van der Waals surface area contributed by atoms with Crippen molar-refractivity contribution in [1.82, 2.24) is 0 Å². The van der Waals surface area contributed by atoms with Gasteiger partial charge in [0.25, 0.3) is 6.43 Å². The molecule has 1 rings (SSSR count). The van der Waals surface area contributed by atoms with Gasteiger partial charge in [0.2, 0.25) is 5.67 Å². The van der Waals surface area contributed by atoms with E-state index in [1.807, 2.05) is 0 Å². The third-order valence-electron chi connectivity index (χ3n) is 2.19. The number of hydrogen-bond donors (Lipinski definition) is 1. The zero-order valence-electron chi connectivity index (χ0n) is 6.11. The van der Waals surface area contributed by atoms with Crippen LogP contribution in [0.15, 0.2) is 0 Å². The fourth-order valence-corrected chi connectivity index (χ4v) is 2.10. The van der Waals surface area contributed by atoms with Crippen molar-refractivity contribution in [2.24, 2.45) is 5.92 Å². The highest BCUT2D eigenvalue weighted by Gasteiger charge is 2.85. The molecule has 0 amide bonds. The summed E-state index contributed by atoms with van der Waals surface area (Å²) in [6, 6.07) is 0. The van der Waals surface area contributed by atoms with Crippen LogP contribution in [0, 0.1) is 5.92 Å². The molecular formula is C6H5Cl2F3O2. The molecule has 76 valence electrons. The Hall–Kier alpha value is -0.160. The van der Waals surface area contributed by atoms with E-state index in [2.05, 4.69) is 0 Å². The van der Waals surface area contributed by atoms with Gasteiger partial charge in [-0.1, -0.05) is 0 Å². The number of aliphatic carboxylic acids is 1. The highest BCUT2D eigenvalue weighted by Crippen LogP contribution is 2.65. The lowest BCUT2D eigenvalue weighted by molar-refractivity contribution is -0.141. The van der Waals surface area contributed by atoms with Gasteiger partial charge in [0, 0.05) is 5.88 Å². The van der Waals surface area contributed by atoms with Crippen molar-refractivity contribution >= 4 is 29.2 Å². The average Bonchev–Trinajstić information content (AvgIpc) is 2.52. The minimum atomic E-state index is -3.44. The van der Waals surface area contributed by atoms with Gasteiger partial charge >= 0.3 is 5.97 Å². The average molecular weight is 237 g/mol. The Kier molecular flexibility index (Phi) is 2.45. The van der Waals surface area contributed by atoms with Gasteiger partial charge in [-0.05, 0) is 0 Å². The summed E-state index contributed by atoms with van der Waals surface area (Å²) in [6.07, 6.45) is -3.44. The molecule has 7 heteroatoms. The predicted octanol–water partition coefficient (Wildman–Crippen LogP) is 1.89. The number of carboxylic acids is 1. The third kappa shape index (κ3) is 1.13. The molecule has 0 spiro atoms. The van der Waals surface area contributed by atoms with Crippen LogP contribution >= 0.6 is 23.2 Å². The summed E-state index contributed by atoms with van der Waals surface area (Å²) in [5.74, 6) is -4.29. The van der Waals surface area contributed by atoms with E-state index in [0.29, 0.717) is 0 Å². The van der Waals surface area contributed by atoms with Crippen LogP contribution in [-0.4, -0.2) is 33.9 Å². The highest BCUT2D eigenvalue weighted by atomic mass is 35.5. The lowest BCUT2D eigenvalue weighted by Gasteiger charge is -2.07. The molecule has 3 atom stereocenters. The molecule has 1 saturated carbocycles. The molecule has 0 radical (unpaired) electrons. The molecule has 0 aromatic heterocycles. The maximum atomic E-state index is 13.2. The molecule has 1 aliphatic carbocycles. The molecular weight excluding hydrogens is 232 g/mol. The first kappa shape index (κ1) is 10.9. The molecule has 1 N–H and O–H groups in total. The quantitative estimate of drug-likeness (QED) is 0.761. The summed E-state index contributed by atoms with van der Waals surface area (Å²) in [5, 5.41) is 8.39. The molecule has 1 aliphatic rings. The summed E-state index contributed by atoms with van der Waals surface area (Å²) >= 11 is 10.5. The zero-order valence-corrected chi connectivity index (χ0v) is 7.62. The van der Waals surface area contributed by atoms with Crippen LogP contribution in [0.2, 0.25) is 0 Å². The second-order valence-electron chi connectivity index (χ2n) is 2.84. The maximum Gasteiger partial charge on any atom is 0.312 e. The zero-order chi connectivity index (χ0) is 10.4. The first-order chi connectivity index (χ1) is 5.82. The number of rotatable bonds is 3. The van der Waals surface area contributed by atoms with Crippen molar-refractivity contribution in [3.63, 3.8) is 0 Å². The summed E-state index contributed by atoms with van der Waals surface area (Å²) in [4.78, 5) is 8.17. The Bertz CT molecular complexity index is 250. The Labute approximate surface area is 81.6 Å². The molecule has 13 heavy (non-hydrogen) atoms. The minimum Gasteiger partial charge on any atom is -0.481 e. The van der Waals surface area contributed by atoms with Crippen molar-refractivity contribution in [3.05, 3.63) is 0 Å². The Balaban J connectivity index is 2.97. The van der Waals surface area contributed by atoms with Gasteiger partial charge in [0.15, 0.2) is 0 Å². The second kappa shape index (κ2) is 2.92. The third-order valence-corrected chi connectivity index (χ3v) is 3.39. The van der Waals surface area contributed by atoms with Gasteiger partial charge in [-0.25, -0.2) is 13.2 Å². The van der Waals surface area contributed by atoms with Gasteiger partial charge in [-0.3, -0.25) is 4.79 Å². The number of carboxylic acid groups (broad SMARTS) is 1. The smallest absolute Gasteiger partial charge is 0.312 e. The molecule has 0 bridgehead atoms. The van der Waals surface area contributed by atoms with E-state index in [1.165, 1.54) is 0 Å². The van der Waals surface area contributed by atoms with Crippen LogP contribution in [0.5, 0.6) is 0 Å². The van der Waals surface area contributed by atoms with Gasteiger partial charge in [-0.2, -0.15) is 0 Å². The fraction of sp³-hybridized carbons (Fsp3) is 0.833. The highest BCUT2D eigenvalue weighted by molar-refractivity contribution is 6.35. The Morgan fingerprint density at radius 3 is 2.15 bits per heavy atom.